The first-order valence-electron chi connectivity index (χ1n) is 5.74. The van der Waals surface area contributed by atoms with Crippen LogP contribution in [0.2, 0.25) is 0 Å². The Morgan fingerprint density at radius 1 is 1.63 bits per heavy atom. The standard InChI is InChI=1S/C12H14N4OS2/c1-3-7-4-5-19-9(7)12(17)15-11-8(10(13)18)6-14-16(11)2/h4-6H,3H2,1-2H3,(H2,13,18)(H,15,17). The molecule has 100 valence electrons. The number of hydrogen-bond acceptors (Lipinski definition) is 4. The lowest BCUT2D eigenvalue weighted by molar-refractivity contribution is 0.102. The van der Waals surface area contributed by atoms with Crippen molar-refractivity contribution in [1.82, 2.24) is 9.78 Å². The number of carbonyl (C=O) groups is 1. The maximum atomic E-state index is 12.3. The van der Waals surface area contributed by atoms with Crippen molar-refractivity contribution in [2.75, 3.05) is 5.32 Å². The SMILES string of the molecule is CCc1ccsc1C(=O)Nc1c(C(N)=S)cnn1C. The fourth-order valence-electron chi connectivity index (χ4n) is 1.74. The summed E-state index contributed by atoms with van der Waals surface area (Å²) in [6.45, 7) is 2.02. The molecule has 19 heavy (non-hydrogen) atoms. The van der Waals surface area contributed by atoms with Crippen LogP contribution >= 0.6 is 23.6 Å². The number of aryl methyl sites for hydroxylation is 2. The normalized spacial score (nSPS) is 10.4. The number of hydrogen-bond donors (Lipinski definition) is 2. The third kappa shape index (κ3) is 2.66. The number of anilines is 1. The average molecular weight is 294 g/mol. The van der Waals surface area contributed by atoms with E-state index in [1.165, 1.54) is 11.3 Å². The third-order valence-corrected chi connectivity index (χ3v) is 3.95. The Kier molecular flexibility index (Phi) is 3.96. The summed E-state index contributed by atoms with van der Waals surface area (Å²) >= 11 is 6.36. The minimum atomic E-state index is -0.159. The molecule has 0 bridgehead atoms. The zero-order chi connectivity index (χ0) is 14.0. The quantitative estimate of drug-likeness (QED) is 0.845. The van der Waals surface area contributed by atoms with Gasteiger partial charge in [-0.2, -0.15) is 5.10 Å². The van der Waals surface area contributed by atoms with Crippen molar-refractivity contribution in [2.45, 2.75) is 13.3 Å². The lowest BCUT2D eigenvalue weighted by atomic mass is 10.2. The van der Waals surface area contributed by atoms with Crippen LogP contribution in [0.1, 0.15) is 27.7 Å². The summed E-state index contributed by atoms with van der Waals surface area (Å²) in [6.07, 6.45) is 2.37. The van der Waals surface area contributed by atoms with E-state index in [1.54, 1.807) is 17.9 Å². The highest BCUT2D eigenvalue weighted by molar-refractivity contribution is 7.80. The Bertz CT molecular complexity index is 629. The molecule has 2 aromatic heterocycles. The molecule has 0 spiro atoms. The van der Waals surface area contributed by atoms with Gasteiger partial charge in [-0.25, -0.2) is 0 Å². The molecular weight excluding hydrogens is 280 g/mol. The summed E-state index contributed by atoms with van der Waals surface area (Å²) < 4.78 is 1.55. The highest BCUT2D eigenvalue weighted by Crippen LogP contribution is 2.21. The summed E-state index contributed by atoms with van der Waals surface area (Å²) in [4.78, 5) is 13.2. The highest BCUT2D eigenvalue weighted by Gasteiger charge is 2.17. The van der Waals surface area contributed by atoms with Crippen molar-refractivity contribution in [3.05, 3.63) is 33.6 Å². The van der Waals surface area contributed by atoms with Crippen molar-refractivity contribution in [1.29, 1.82) is 0 Å². The fraction of sp³-hybridized carbons (Fsp3) is 0.250. The average Bonchev–Trinajstić information content (AvgIpc) is 2.96. The van der Waals surface area contributed by atoms with Crippen LogP contribution in [-0.4, -0.2) is 20.7 Å². The number of thiocarbonyl (C=S) groups is 1. The van der Waals surface area contributed by atoms with Crippen molar-refractivity contribution in [2.24, 2.45) is 12.8 Å². The van der Waals surface area contributed by atoms with Gasteiger partial charge in [0.05, 0.1) is 16.6 Å². The number of nitrogens with one attached hydrogen (secondary N) is 1. The zero-order valence-electron chi connectivity index (χ0n) is 10.6. The third-order valence-electron chi connectivity index (χ3n) is 2.77. The largest absolute Gasteiger partial charge is 0.389 e. The molecule has 0 aliphatic carbocycles. The van der Waals surface area contributed by atoms with Gasteiger partial charge >= 0.3 is 0 Å². The minimum absolute atomic E-state index is 0.159. The maximum absolute atomic E-state index is 12.3. The Labute approximate surface area is 120 Å². The molecule has 0 saturated carbocycles. The smallest absolute Gasteiger partial charge is 0.267 e. The van der Waals surface area contributed by atoms with Gasteiger partial charge in [-0.1, -0.05) is 19.1 Å². The van der Waals surface area contributed by atoms with Gasteiger partial charge in [-0.15, -0.1) is 11.3 Å². The monoisotopic (exact) mass is 294 g/mol. The molecule has 0 aliphatic heterocycles. The molecule has 7 heteroatoms. The molecular formula is C12H14N4OS2. The lowest BCUT2D eigenvalue weighted by Gasteiger charge is -2.07. The first-order valence-corrected chi connectivity index (χ1v) is 7.03. The van der Waals surface area contributed by atoms with Gasteiger partial charge < -0.3 is 11.1 Å². The van der Waals surface area contributed by atoms with Gasteiger partial charge in [0.1, 0.15) is 10.8 Å². The summed E-state index contributed by atoms with van der Waals surface area (Å²) in [5, 5.41) is 8.78. The number of nitrogens with two attached hydrogens (primary N) is 1. The summed E-state index contributed by atoms with van der Waals surface area (Å²) in [5.41, 5.74) is 7.21. The van der Waals surface area contributed by atoms with Crippen molar-refractivity contribution >= 4 is 40.3 Å². The second-order valence-electron chi connectivity index (χ2n) is 3.98. The van der Waals surface area contributed by atoms with E-state index in [2.05, 4.69) is 10.4 Å². The van der Waals surface area contributed by atoms with Crippen LogP contribution in [0.3, 0.4) is 0 Å². The van der Waals surface area contributed by atoms with Gasteiger partial charge in [-0.3, -0.25) is 9.48 Å². The Morgan fingerprint density at radius 3 is 3.00 bits per heavy atom. The summed E-state index contributed by atoms with van der Waals surface area (Å²) in [5.74, 6) is 0.362. The van der Waals surface area contributed by atoms with Crippen molar-refractivity contribution in [3.8, 4) is 0 Å². The molecule has 0 atom stereocenters. The van der Waals surface area contributed by atoms with Crippen LogP contribution in [0.25, 0.3) is 0 Å². The number of rotatable bonds is 4. The molecule has 3 N–H and O–H groups in total. The highest BCUT2D eigenvalue weighted by atomic mass is 32.1. The van der Waals surface area contributed by atoms with E-state index in [1.807, 2.05) is 18.4 Å². The van der Waals surface area contributed by atoms with Gasteiger partial charge in [0, 0.05) is 7.05 Å². The topological polar surface area (TPSA) is 72.9 Å². The molecule has 2 aromatic rings. The second kappa shape index (κ2) is 5.50. The first kappa shape index (κ1) is 13.7. The van der Waals surface area contributed by atoms with Crippen LogP contribution in [-0.2, 0) is 13.5 Å². The fourth-order valence-corrected chi connectivity index (χ4v) is 2.78. The second-order valence-corrected chi connectivity index (χ2v) is 5.33. The van der Waals surface area contributed by atoms with Crippen LogP contribution < -0.4 is 11.1 Å². The van der Waals surface area contributed by atoms with Crippen LogP contribution in [0.4, 0.5) is 5.82 Å². The van der Waals surface area contributed by atoms with E-state index in [4.69, 9.17) is 18.0 Å². The number of carbonyl (C=O) groups excluding carboxylic acids is 1. The van der Waals surface area contributed by atoms with Crippen LogP contribution in [0, 0.1) is 0 Å². The van der Waals surface area contributed by atoms with E-state index < -0.39 is 0 Å². The number of aromatic nitrogens is 2. The molecule has 2 rings (SSSR count). The molecule has 1 amide bonds. The lowest BCUT2D eigenvalue weighted by Crippen LogP contribution is -2.18. The van der Waals surface area contributed by atoms with Crippen molar-refractivity contribution < 1.29 is 4.79 Å². The van der Waals surface area contributed by atoms with Crippen LogP contribution in [0.5, 0.6) is 0 Å². The van der Waals surface area contributed by atoms with Crippen molar-refractivity contribution in [3.63, 3.8) is 0 Å². The molecule has 0 aliphatic rings. The molecule has 0 radical (unpaired) electrons. The van der Waals surface area contributed by atoms with E-state index in [0.717, 1.165) is 12.0 Å². The number of nitrogens with zero attached hydrogens (tertiary/aromatic N) is 2. The molecule has 0 saturated heterocycles. The number of amides is 1. The molecule has 2 heterocycles. The zero-order valence-corrected chi connectivity index (χ0v) is 12.3. The molecule has 5 nitrogen and oxygen atoms in total. The maximum Gasteiger partial charge on any atom is 0.267 e. The van der Waals surface area contributed by atoms with Crippen LogP contribution in [0.15, 0.2) is 17.6 Å². The summed E-state index contributed by atoms with van der Waals surface area (Å²) in [7, 11) is 1.73. The minimum Gasteiger partial charge on any atom is -0.389 e. The summed E-state index contributed by atoms with van der Waals surface area (Å²) in [6, 6.07) is 1.96. The van der Waals surface area contributed by atoms with Gasteiger partial charge in [0.15, 0.2) is 0 Å². The Hall–Kier alpha value is -1.73. The molecule has 0 fully saturated rings. The molecule has 0 unspecified atom stereocenters. The van der Waals surface area contributed by atoms with E-state index in [-0.39, 0.29) is 10.9 Å². The van der Waals surface area contributed by atoms with E-state index >= 15 is 0 Å². The predicted molar refractivity (Wildman–Crippen MR) is 80.7 cm³/mol. The Morgan fingerprint density at radius 2 is 2.37 bits per heavy atom. The van der Waals surface area contributed by atoms with Gasteiger partial charge in [0.2, 0.25) is 0 Å². The molecule has 0 aromatic carbocycles. The van der Waals surface area contributed by atoms with Gasteiger partial charge in [0.25, 0.3) is 5.91 Å². The predicted octanol–water partition coefficient (Wildman–Crippen LogP) is 1.93. The van der Waals surface area contributed by atoms with E-state index in [0.29, 0.717) is 16.3 Å². The first-order chi connectivity index (χ1) is 9.04. The number of thiophene rings is 1. The Balaban J connectivity index is 2.29. The van der Waals surface area contributed by atoms with E-state index in [9.17, 15) is 4.79 Å². The van der Waals surface area contributed by atoms with Gasteiger partial charge in [-0.05, 0) is 23.4 Å².